The van der Waals surface area contributed by atoms with Crippen LogP contribution in [0.25, 0.3) is 22.4 Å². The Hall–Kier alpha value is -3.54. The Bertz CT molecular complexity index is 1100. The number of nitrogens with zero attached hydrogens (tertiary/aromatic N) is 3. The molecule has 2 heterocycles. The third kappa shape index (κ3) is 3.55. The Labute approximate surface area is 155 Å². The van der Waals surface area contributed by atoms with Crippen molar-refractivity contribution in [2.75, 3.05) is 0 Å². The van der Waals surface area contributed by atoms with Gasteiger partial charge in [-0.25, -0.2) is 9.78 Å². The standard InChI is InChI=1S/C21H17N3O3/c1-13-7-9-16(10-8-13)20-24-23-19(27-20)14(2)26-21(25)18-12-11-15-5-3-4-6-17(15)22-18/h3-12,14H,1-2H3. The number of ether oxygens (including phenoxy) is 1. The number of pyridine rings is 1. The molecule has 1 atom stereocenters. The van der Waals surface area contributed by atoms with Crippen molar-refractivity contribution in [3.63, 3.8) is 0 Å². The molecule has 2 aromatic heterocycles. The zero-order valence-corrected chi connectivity index (χ0v) is 14.9. The van der Waals surface area contributed by atoms with Crippen LogP contribution in [0, 0.1) is 6.92 Å². The van der Waals surface area contributed by atoms with Crippen LogP contribution in [0.2, 0.25) is 0 Å². The lowest BCUT2D eigenvalue weighted by Gasteiger charge is -2.09. The Balaban J connectivity index is 1.50. The second-order valence-corrected chi connectivity index (χ2v) is 6.25. The van der Waals surface area contributed by atoms with Gasteiger partial charge in [-0.3, -0.25) is 0 Å². The Morgan fingerprint density at radius 1 is 1.00 bits per heavy atom. The lowest BCUT2D eigenvalue weighted by molar-refractivity contribution is 0.0273. The normalized spacial score (nSPS) is 12.1. The van der Waals surface area contributed by atoms with Crippen molar-refractivity contribution in [3.8, 4) is 11.5 Å². The van der Waals surface area contributed by atoms with Gasteiger partial charge < -0.3 is 9.15 Å². The third-order valence-corrected chi connectivity index (χ3v) is 4.18. The lowest BCUT2D eigenvalue weighted by atomic mass is 10.1. The molecule has 6 nitrogen and oxygen atoms in total. The minimum absolute atomic E-state index is 0.235. The highest BCUT2D eigenvalue weighted by atomic mass is 16.6. The molecule has 0 bridgehead atoms. The molecule has 0 saturated carbocycles. The van der Waals surface area contributed by atoms with Crippen molar-refractivity contribution in [3.05, 3.63) is 77.8 Å². The van der Waals surface area contributed by atoms with E-state index in [1.165, 1.54) is 0 Å². The van der Waals surface area contributed by atoms with Crippen LogP contribution in [0.4, 0.5) is 0 Å². The zero-order chi connectivity index (χ0) is 18.8. The fourth-order valence-corrected chi connectivity index (χ4v) is 2.66. The summed E-state index contributed by atoms with van der Waals surface area (Å²) in [5.41, 5.74) is 2.93. The zero-order valence-electron chi connectivity index (χ0n) is 14.9. The molecule has 134 valence electrons. The second-order valence-electron chi connectivity index (χ2n) is 6.25. The van der Waals surface area contributed by atoms with E-state index in [1.54, 1.807) is 13.0 Å². The van der Waals surface area contributed by atoms with E-state index in [-0.39, 0.29) is 11.6 Å². The Kier molecular flexibility index (Phi) is 4.38. The van der Waals surface area contributed by atoms with Crippen LogP contribution in [0.5, 0.6) is 0 Å². The minimum atomic E-state index is -0.683. The monoisotopic (exact) mass is 359 g/mol. The molecule has 0 aliphatic rings. The molecule has 0 N–H and O–H groups in total. The molecule has 0 radical (unpaired) electrons. The number of aromatic nitrogens is 3. The molecule has 27 heavy (non-hydrogen) atoms. The number of fused-ring (bicyclic) bond motifs is 1. The predicted molar refractivity (Wildman–Crippen MR) is 100 cm³/mol. The largest absolute Gasteiger partial charge is 0.448 e. The van der Waals surface area contributed by atoms with Crippen LogP contribution in [0.15, 0.2) is 65.1 Å². The van der Waals surface area contributed by atoms with Crippen molar-refractivity contribution < 1.29 is 13.9 Å². The average Bonchev–Trinajstić information content (AvgIpc) is 3.18. The highest BCUT2D eigenvalue weighted by molar-refractivity contribution is 5.91. The molecule has 0 saturated heterocycles. The Morgan fingerprint density at radius 3 is 2.59 bits per heavy atom. The number of rotatable bonds is 4. The van der Waals surface area contributed by atoms with Crippen LogP contribution >= 0.6 is 0 Å². The number of aryl methyl sites for hydroxylation is 1. The molecule has 0 spiro atoms. The van der Waals surface area contributed by atoms with E-state index < -0.39 is 12.1 Å². The lowest BCUT2D eigenvalue weighted by Crippen LogP contribution is -2.11. The summed E-state index contributed by atoms with van der Waals surface area (Å²) in [6.45, 7) is 3.69. The highest BCUT2D eigenvalue weighted by Gasteiger charge is 2.20. The molecular formula is C21H17N3O3. The summed E-state index contributed by atoms with van der Waals surface area (Å²) in [6, 6.07) is 18.8. The number of carbonyl (C=O) groups excluding carboxylic acids is 1. The number of para-hydroxylation sites is 1. The van der Waals surface area contributed by atoms with Gasteiger partial charge in [0, 0.05) is 10.9 Å². The van der Waals surface area contributed by atoms with Crippen LogP contribution in [0.3, 0.4) is 0 Å². The first-order valence-corrected chi connectivity index (χ1v) is 8.57. The van der Waals surface area contributed by atoms with Gasteiger partial charge in [0.1, 0.15) is 5.69 Å². The number of hydrogen-bond acceptors (Lipinski definition) is 6. The minimum Gasteiger partial charge on any atom is -0.448 e. The maximum absolute atomic E-state index is 12.4. The van der Waals surface area contributed by atoms with E-state index in [0.717, 1.165) is 22.0 Å². The van der Waals surface area contributed by atoms with Gasteiger partial charge in [0.25, 0.3) is 5.89 Å². The first kappa shape index (κ1) is 16.9. The maximum atomic E-state index is 12.4. The Morgan fingerprint density at radius 2 is 1.78 bits per heavy atom. The summed E-state index contributed by atoms with van der Waals surface area (Å²) in [4.78, 5) is 16.8. The van der Waals surface area contributed by atoms with Gasteiger partial charge in [-0.15, -0.1) is 10.2 Å². The van der Waals surface area contributed by atoms with Crippen molar-refractivity contribution in [1.29, 1.82) is 0 Å². The van der Waals surface area contributed by atoms with Crippen molar-refractivity contribution in [2.45, 2.75) is 20.0 Å². The summed E-state index contributed by atoms with van der Waals surface area (Å²) in [7, 11) is 0. The van der Waals surface area contributed by atoms with Gasteiger partial charge in [-0.05, 0) is 38.1 Å². The third-order valence-electron chi connectivity index (χ3n) is 4.18. The van der Waals surface area contributed by atoms with E-state index in [1.807, 2.05) is 61.5 Å². The van der Waals surface area contributed by atoms with Crippen LogP contribution in [-0.4, -0.2) is 21.2 Å². The van der Waals surface area contributed by atoms with E-state index in [4.69, 9.17) is 9.15 Å². The smallest absolute Gasteiger partial charge is 0.357 e. The molecule has 0 aliphatic carbocycles. The SMILES string of the molecule is Cc1ccc(-c2nnc(C(C)OC(=O)c3ccc4ccccc4n3)o2)cc1. The van der Waals surface area contributed by atoms with Gasteiger partial charge in [0.15, 0.2) is 6.10 Å². The molecule has 0 fully saturated rings. The van der Waals surface area contributed by atoms with Gasteiger partial charge in [0.2, 0.25) is 5.89 Å². The van der Waals surface area contributed by atoms with Crippen molar-refractivity contribution >= 4 is 16.9 Å². The average molecular weight is 359 g/mol. The van der Waals surface area contributed by atoms with Gasteiger partial charge in [-0.2, -0.15) is 0 Å². The summed E-state index contributed by atoms with van der Waals surface area (Å²) in [5, 5.41) is 8.99. The number of carbonyl (C=O) groups is 1. The highest BCUT2D eigenvalue weighted by Crippen LogP contribution is 2.23. The van der Waals surface area contributed by atoms with Gasteiger partial charge in [-0.1, -0.05) is 42.0 Å². The van der Waals surface area contributed by atoms with E-state index in [9.17, 15) is 4.79 Å². The molecule has 4 rings (SSSR count). The molecule has 6 heteroatoms. The summed E-state index contributed by atoms with van der Waals surface area (Å²) < 4.78 is 11.1. The fourth-order valence-electron chi connectivity index (χ4n) is 2.66. The van der Waals surface area contributed by atoms with Gasteiger partial charge >= 0.3 is 5.97 Å². The molecular weight excluding hydrogens is 342 g/mol. The van der Waals surface area contributed by atoms with Gasteiger partial charge in [0.05, 0.1) is 5.52 Å². The molecule has 0 aliphatic heterocycles. The second kappa shape index (κ2) is 6.99. The molecule has 0 amide bonds. The number of benzene rings is 2. The summed E-state index contributed by atoms with van der Waals surface area (Å²) in [6.07, 6.45) is -0.683. The maximum Gasteiger partial charge on any atom is 0.357 e. The first-order valence-electron chi connectivity index (χ1n) is 8.57. The molecule has 4 aromatic rings. The summed E-state index contributed by atoms with van der Waals surface area (Å²) >= 11 is 0. The predicted octanol–water partition coefficient (Wildman–Crippen LogP) is 4.51. The van der Waals surface area contributed by atoms with E-state index in [0.29, 0.717) is 5.89 Å². The molecule has 1 unspecified atom stereocenters. The quantitative estimate of drug-likeness (QED) is 0.499. The van der Waals surface area contributed by atoms with Crippen LogP contribution in [0.1, 0.15) is 35.0 Å². The van der Waals surface area contributed by atoms with E-state index in [2.05, 4.69) is 15.2 Å². The van der Waals surface area contributed by atoms with Crippen molar-refractivity contribution in [2.24, 2.45) is 0 Å². The molecule has 2 aromatic carbocycles. The van der Waals surface area contributed by atoms with E-state index >= 15 is 0 Å². The van der Waals surface area contributed by atoms with Crippen LogP contribution in [-0.2, 0) is 4.74 Å². The topological polar surface area (TPSA) is 78.1 Å². The number of esters is 1. The van der Waals surface area contributed by atoms with Crippen molar-refractivity contribution in [1.82, 2.24) is 15.2 Å². The summed E-state index contributed by atoms with van der Waals surface area (Å²) in [5.74, 6) is 0.0831. The first-order chi connectivity index (χ1) is 13.1. The number of hydrogen-bond donors (Lipinski definition) is 0. The fraction of sp³-hybridized carbons (Fsp3) is 0.143. The van der Waals surface area contributed by atoms with Crippen LogP contribution < -0.4 is 0 Å².